The van der Waals surface area contributed by atoms with Crippen LogP contribution in [0.5, 0.6) is 0 Å². The van der Waals surface area contributed by atoms with E-state index < -0.39 is 23.4 Å². The average Bonchev–Trinajstić information content (AvgIpc) is 2.36. The molecule has 20 heavy (non-hydrogen) atoms. The van der Waals surface area contributed by atoms with Crippen molar-refractivity contribution in [3.05, 3.63) is 58.9 Å². The average molecular weight is 280 g/mol. The highest BCUT2D eigenvalue weighted by Gasteiger charge is 2.17. The van der Waals surface area contributed by atoms with Gasteiger partial charge in [0, 0.05) is 6.07 Å². The lowest BCUT2D eigenvalue weighted by molar-refractivity contribution is 0.102. The molecule has 0 bridgehead atoms. The summed E-state index contributed by atoms with van der Waals surface area (Å²) in [4.78, 5) is 11.9. The SMILES string of the molecule is Cc1cccc(C(=O)Nc2c(N)cc(F)cc2F)c1F. The van der Waals surface area contributed by atoms with E-state index in [9.17, 15) is 18.0 Å². The van der Waals surface area contributed by atoms with E-state index in [2.05, 4.69) is 5.32 Å². The molecule has 0 heterocycles. The molecule has 0 spiro atoms. The van der Waals surface area contributed by atoms with Crippen molar-refractivity contribution in [2.24, 2.45) is 0 Å². The van der Waals surface area contributed by atoms with Gasteiger partial charge in [0.1, 0.15) is 17.3 Å². The Balaban J connectivity index is 2.36. The number of rotatable bonds is 2. The Labute approximate surface area is 113 Å². The monoisotopic (exact) mass is 280 g/mol. The molecule has 2 rings (SSSR count). The van der Waals surface area contributed by atoms with Gasteiger partial charge in [0.2, 0.25) is 0 Å². The van der Waals surface area contributed by atoms with E-state index in [0.717, 1.165) is 6.07 Å². The van der Waals surface area contributed by atoms with Gasteiger partial charge >= 0.3 is 0 Å². The van der Waals surface area contributed by atoms with Gasteiger partial charge < -0.3 is 11.1 Å². The van der Waals surface area contributed by atoms with Crippen LogP contribution in [0, 0.1) is 24.4 Å². The van der Waals surface area contributed by atoms with Gasteiger partial charge in [-0.05, 0) is 24.6 Å². The van der Waals surface area contributed by atoms with Gasteiger partial charge in [-0.25, -0.2) is 13.2 Å². The molecule has 0 saturated carbocycles. The minimum absolute atomic E-state index is 0.242. The largest absolute Gasteiger partial charge is 0.397 e. The first kappa shape index (κ1) is 13.9. The number of nitrogens with two attached hydrogens (primary N) is 1. The first-order valence-corrected chi connectivity index (χ1v) is 5.71. The maximum Gasteiger partial charge on any atom is 0.258 e. The second-order valence-electron chi connectivity index (χ2n) is 4.24. The zero-order valence-corrected chi connectivity index (χ0v) is 10.5. The first-order valence-electron chi connectivity index (χ1n) is 5.71. The first-order chi connectivity index (χ1) is 9.40. The fourth-order valence-electron chi connectivity index (χ4n) is 1.73. The van der Waals surface area contributed by atoms with Crippen molar-refractivity contribution >= 4 is 17.3 Å². The van der Waals surface area contributed by atoms with Crippen molar-refractivity contribution < 1.29 is 18.0 Å². The second kappa shape index (κ2) is 5.24. The summed E-state index contributed by atoms with van der Waals surface area (Å²) in [5.41, 5.74) is 4.82. The highest BCUT2D eigenvalue weighted by Crippen LogP contribution is 2.25. The van der Waals surface area contributed by atoms with E-state index in [-0.39, 0.29) is 22.5 Å². The number of halogens is 3. The van der Waals surface area contributed by atoms with Crippen LogP contribution in [0.15, 0.2) is 30.3 Å². The number of carbonyl (C=O) groups excluding carboxylic acids is 1. The van der Waals surface area contributed by atoms with Crippen LogP contribution in [0.1, 0.15) is 15.9 Å². The van der Waals surface area contributed by atoms with Gasteiger partial charge in [0.05, 0.1) is 11.3 Å². The van der Waals surface area contributed by atoms with Crippen molar-refractivity contribution in [3.63, 3.8) is 0 Å². The number of amides is 1. The quantitative estimate of drug-likeness (QED) is 0.830. The fourth-order valence-corrected chi connectivity index (χ4v) is 1.73. The number of hydrogen-bond acceptors (Lipinski definition) is 2. The van der Waals surface area contributed by atoms with Gasteiger partial charge in [0.15, 0.2) is 5.82 Å². The molecule has 1 amide bonds. The van der Waals surface area contributed by atoms with Crippen molar-refractivity contribution in [2.45, 2.75) is 6.92 Å². The summed E-state index contributed by atoms with van der Waals surface area (Å²) in [6.45, 7) is 1.50. The molecule has 0 aliphatic carbocycles. The Bertz CT molecular complexity index is 663. The third-order valence-electron chi connectivity index (χ3n) is 2.76. The van der Waals surface area contributed by atoms with Crippen LogP contribution in [-0.2, 0) is 0 Å². The third kappa shape index (κ3) is 2.59. The van der Waals surface area contributed by atoms with Gasteiger partial charge in [-0.2, -0.15) is 0 Å². The van der Waals surface area contributed by atoms with Gasteiger partial charge in [-0.15, -0.1) is 0 Å². The minimum atomic E-state index is -1.02. The number of aryl methyl sites for hydroxylation is 1. The standard InChI is InChI=1S/C14H11F3N2O/c1-7-3-2-4-9(12(7)17)14(20)19-13-10(16)5-8(15)6-11(13)18/h2-6H,18H2,1H3,(H,19,20). The lowest BCUT2D eigenvalue weighted by atomic mass is 10.1. The van der Waals surface area contributed by atoms with Crippen molar-refractivity contribution in [1.29, 1.82) is 0 Å². The van der Waals surface area contributed by atoms with Crippen LogP contribution in [0.25, 0.3) is 0 Å². The van der Waals surface area contributed by atoms with E-state index >= 15 is 0 Å². The van der Waals surface area contributed by atoms with E-state index in [1.54, 1.807) is 0 Å². The van der Waals surface area contributed by atoms with Crippen LogP contribution in [-0.4, -0.2) is 5.91 Å². The Morgan fingerprint density at radius 1 is 1.20 bits per heavy atom. The molecule has 104 valence electrons. The highest BCUT2D eigenvalue weighted by atomic mass is 19.1. The van der Waals surface area contributed by atoms with Crippen molar-refractivity contribution in [2.75, 3.05) is 11.1 Å². The molecule has 3 nitrogen and oxygen atoms in total. The smallest absolute Gasteiger partial charge is 0.258 e. The number of nitrogen functional groups attached to an aromatic ring is 1. The lowest BCUT2D eigenvalue weighted by Crippen LogP contribution is -2.16. The molecular weight excluding hydrogens is 269 g/mol. The molecule has 0 fully saturated rings. The Hall–Kier alpha value is -2.50. The van der Waals surface area contributed by atoms with E-state index in [1.165, 1.54) is 25.1 Å². The number of nitrogens with one attached hydrogen (secondary N) is 1. The number of carbonyl (C=O) groups is 1. The van der Waals surface area contributed by atoms with Crippen LogP contribution < -0.4 is 11.1 Å². The van der Waals surface area contributed by atoms with E-state index in [0.29, 0.717) is 6.07 Å². The predicted octanol–water partition coefficient (Wildman–Crippen LogP) is 3.25. The number of anilines is 2. The normalized spacial score (nSPS) is 10.4. The molecule has 0 atom stereocenters. The molecule has 0 aliphatic heterocycles. The molecule has 0 radical (unpaired) electrons. The predicted molar refractivity (Wildman–Crippen MR) is 69.9 cm³/mol. The van der Waals surface area contributed by atoms with E-state index in [1.807, 2.05) is 0 Å². The molecule has 0 aromatic heterocycles. The Kier molecular flexibility index (Phi) is 3.65. The van der Waals surface area contributed by atoms with Crippen molar-refractivity contribution in [3.8, 4) is 0 Å². The maximum absolute atomic E-state index is 13.8. The zero-order valence-electron chi connectivity index (χ0n) is 10.5. The van der Waals surface area contributed by atoms with Gasteiger partial charge in [-0.1, -0.05) is 12.1 Å². The Morgan fingerprint density at radius 3 is 2.55 bits per heavy atom. The molecule has 2 aromatic rings. The number of hydrogen-bond donors (Lipinski definition) is 2. The maximum atomic E-state index is 13.8. The highest BCUT2D eigenvalue weighted by molar-refractivity contribution is 6.06. The third-order valence-corrected chi connectivity index (χ3v) is 2.76. The van der Waals surface area contributed by atoms with Gasteiger partial charge in [0.25, 0.3) is 5.91 Å². The lowest BCUT2D eigenvalue weighted by Gasteiger charge is -2.10. The van der Waals surface area contributed by atoms with Crippen LogP contribution in [0.2, 0.25) is 0 Å². The molecular formula is C14H11F3N2O. The zero-order chi connectivity index (χ0) is 14.9. The van der Waals surface area contributed by atoms with Crippen LogP contribution >= 0.6 is 0 Å². The molecule has 3 N–H and O–H groups in total. The Morgan fingerprint density at radius 2 is 1.90 bits per heavy atom. The topological polar surface area (TPSA) is 55.1 Å². The second-order valence-corrected chi connectivity index (χ2v) is 4.24. The molecule has 0 unspecified atom stereocenters. The summed E-state index contributed by atoms with van der Waals surface area (Å²) < 4.78 is 40.2. The molecule has 0 saturated heterocycles. The van der Waals surface area contributed by atoms with Gasteiger partial charge in [-0.3, -0.25) is 4.79 Å². The van der Waals surface area contributed by atoms with Crippen molar-refractivity contribution in [1.82, 2.24) is 0 Å². The van der Waals surface area contributed by atoms with Crippen LogP contribution in [0.3, 0.4) is 0 Å². The summed E-state index contributed by atoms with van der Waals surface area (Å²) in [5, 5.41) is 2.14. The van der Waals surface area contributed by atoms with E-state index in [4.69, 9.17) is 5.73 Å². The van der Waals surface area contributed by atoms with Crippen LogP contribution in [0.4, 0.5) is 24.5 Å². The molecule has 6 heteroatoms. The summed E-state index contributed by atoms with van der Waals surface area (Å²) in [6, 6.07) is 5.70. The molecule has 2 aromatic carbocycles. The summed E-state index contributed by atoms with van der Waals surface area (Å²) in [6.07, 6.45) is 0. The molecule has 0 aliphatic rings. The summed E-state index contributed by atoms with van der Waals surface area (Å²) in [7, 11) is 0. The fraction of sp³-hybridized carbons (Fsp3) is 0.0714. The minimum Gasteiger partial charge on any atom is -0.397 e. The summed E-state index contributed by atoms with van der Waals surface area (Å²) >= 11 is 0. The number of benzene rings is 2. The summed E-state index contributed by atoms with van der Waals surface area (Å²) in [5.74, 6) is -3.45.